The monoisotopic (exact) mass is 288 g/mol. The molecule has 1 heterocycles. The van der Waals surface area contributed by atoms with Crippen molar-refractivity contribution in [3.63, 3.8) is 0 Å². The maximum Gasteiger partial charge on any atom is 0.337 e. The van der Waals surface area contributed by atoms with Crippen molar-refractivity contribution < 1.29 is 15.0 Å². The molecule has 3 rings (SSSR count). The van der Waals surface area contributed by atoms with E-state index in [1.54, 1.807) is 12.1 Å². The molecule has 1 aliphatic rings. The predicted octanol–water partition coefficient (Wildman–Crippen LogP) is 2.77. The Morgan fingerprint density at radius 2 is 2.10 bits per heavy atom. The van der Waals surface area contributed by atoms with Crippen molar-refractivity contribution in [2.24, 2.45) is 0 Å². The van der Waals surface area contributed by atoms with Crippen LogP contribution in [0.1, 0.15) is 54.2 Å². The summed E-state index contributed by atoms with van der Waals surface area (Å²) in [7, 11) is 0. The lowest BCUT2D eigenvalue weighted by molar-refractivity contribution is 0.0698. The van der Waals surface area contributed by atoms with Crippen LogP contribution in [0.5, 0.6) is 0 Å². The molecule has 1 saturated carbocycles. The highest BCUT2D eigenvalue weighted by Gasteiger charge is 2.30. The highest BCUT2D eigenvalue weighted by molar-refractivity contribution is 6.01. The van der Waals surface area contributed by atoms with E-state index in [0.29, 0.717) is 11.5 Å². The Morgan fingerprint density at radius 1 is 1.29 bits per heavy atom. The number of nitrogens with zero attached hydrogens (tertiary/aromatic N) is 2. The first-order valence-corrected chi connectivity index (χ1v) is 7.55. The summed E-state index contributed by atoms with van der Waals surface area (Å²) in [6.07, 6.45) is 4.94. The van der Waals surface area contributed by atoms with Crippen LogP contribution >= 0.6 is 0 Å². The fraction of sp³-hybridized carbons (Fsp3) is 0.500. The zero-order valence-corrected chi connectivity index (χ0v) is 12.0. The third kappa shape index (κ3) is 2.78. The van der Waals surface area contributed by atoms with Gasteiger partial charge in [0.05, 0.1) is 16.6 Å². The highest BCUT2D eigenvalue weighted by Crippen LogP contribution is 2.41. The minimum Gasteiger partial charge on any atom is -0.478 e. The molecule has 0 radical (unpaired) electrons. The van der Waals surface area contributed by atoms with Crippen molar-refractivity contribution in [2.75, 3.05) is 6.61 Å². The van der Waals surface area contributed by atoms with Gasteiger partial charge in [0, 0.05) is 19.1 Å². The van der Waals surface area contributed by atoms with E-state index in [1.807, 2.05) is 6.07 Å². The second-order valence-corrected chi connectivity index (χ2v) is 5.66. The van der Waals surface area contributed by atoms with Gasteiger partial charge in [-0.3, -0.25) is 0 Å². The van der Waals surface area contributed by atoms with E-state index in [4.69, 9.17) is 5.11 Å². The Morgan fingerprint density at radius 3 is 2.76 bits per heavy atom. The lowest BCUT2D eigenvalue weighted by Gasteiger charge is -2.10. The maximum absolute atomic E-state index is 11.5. The van der Waals surface area contributed by atoms with Crippen LogP contribution in [0.15, 0.2) is 18.2 Å². The predicted molar refractivity (Wildman–Crippen MR) is 79.6 cm³/mol. The lowest BCUT2D eigenvalue weighted by atomic mass is 10.1. The third-order valence-corrected chi connectivity index (χ3v) is 4.01. The molecular weight excluding hydrogens is 268 g/mol. The molecule has 0 saturated heterocycles. The Hall–Kier alpha value is -1.88. The lowest BCUT2D eigenvalue weighted by Crippen LogP contribution is -2.07. The maximum atomic E-state index is 11.5. The van der Waals surface area contributed by atoms with E-state index in [9.17, 15) is 9.90 Å². The number of aliphatic hydroxyl groups excluding tert-OH is 1. The van der Waals surface area contributed by atoms with Gasteiger partial charge in [-0.1, -0.05) is 6.07 Å². The van der Waals surface area contributed by atoms with Crippen LogP contribution in [0.25, 0.3) is 11.0 Å². The molecule has 0 aliphatic heterocycles. The van der Waals surface area contributed by atoms with Crippen molar-refractivity contribution >= 4 is 17.0 Å². The molecular formula is C16H20N2O3. The Kier molecular flexibility index (Phi) is 3.92. The number of aromatic carboxylic acids is 1. The van der Waals surface area contributed by atoms with Crippen LogP contribution in [0.3, 0.4) is 0 Å². The molecule has 1 aliphatic carbocycles. The number of carboxylic acids is 1. The number of fused-ring (bicyclic) bond motifs is 1. The third-order valence-electron chi connectivity index (χ3n) is 4.01. The number of aryl methyl sites for hydroxylation is 1. The summed E-state index contributed by atoms with van der Waals surface area (Å²) >= 11 is 0. The Bertz CT molecular complexity index is 659. The zero-order chi connectivity index (χ0) is 14.8. The summed E-state index contributed by atoms with van der Waals surface area (Å²) < 4.78 is 2.09. The van der Waals surface area contributed by atoms with Crippen LogP contribution in [0, 0.1) is 0 Å². The molecule has 21 heavy (non-hydrogen) atoms. The van der Waals surface area contributed by atoms with E-state index < -0.39 is 5.97 Å². The molecule has 2 N–H and O–H groups in total. The van der Waals surface area contributed by atoms with Gasteiger partial charge in [-0.25, -0.2) is 9.78 Å². The molecule has 0 amide bonds. The molecule has 1 fully saturated rings. The van der Waals surface area contributed by atoms with Gasteiger partial charge in [-0.15, -0.1) is 0 Å². The fourth-order valence-electron chi connectivity index (χ4n) is 2.81. The Labute approximate surface area is 123 Å². The molecule has 0 unspecified atom stereocenters. The number of benzene rings is 1. The largest absolute Gasteiger partial charge is 0.478 e. The SMILES string of the molecule is O=C(O)c1cccc2nc(C3CC3)n(CCCCCO)c12. The highest BCUT2D eigenvalue weighted by atomic mass is 16.4. The summed E-state index contributed by atoms with van der Waals surface area (Å²) in [5.41, 5.74) is 1.85. The Balaban J connectivity index is 2.00. The van der Waals surface area contributed by atoms with Crippen LogP contribution in [0.2, 0.25) is 0 Å². The van der Waals surface area contributed by atoms with Crippen molar-refractivity contribution in [3.05, 3.63) is 29.6 Å². The summed E-state index contributed by atoms with van der Waals surface area (Å²) in [6, 6.07) is 5.29. The van der Waals surface area contributed by atoms with Gasteiger partial charge in [-0.05, 0) is 44.2 Å². The van der Waals surface area contributed by atoms with E-state index >= 15 is 0 Å². The summed E-state index contributed by atoms with van der Waals surface area (Å²) in [5, 5.41) is 18.3. The number of rotatable bonds is 7. The van der Waals surface area contributed by atoms with Crippen molar-refractivity contribution in [2.45, 2.75) is 44.6 Å². The van der Waals surface area contributed by atoms with Gasteiger partial charge in [-0.2, -0.15) is 0 Å². The molecule has 5 nitrogen and oxygen atoms in total. The second-order valence-electron chi connectivity index (χ2n) is 5.66. The van der Waals surface area contributed by atoms with Crippen LogP contribution in [-0.2, 0) is 6.54 Å². The van der Waals surface area contributed by atoms with Gasteiger partial charge in [0.1, 0.15) is 5.82 Å². The molecule has 1 aromatic heterocycles. The van der Waals surface area contributed by atoms with Crippen molar-refractivity contribution in [3.8, 4) is 0 Å². The molecule has 112 valence electrons. The van der Waals surface area contributed by atoms with Crippen LogP contribution in [0.4, 0.5) is 0 Å². The molecule has 0 bridgehead atoms. The average molecular weight is 288 g/mol. The summed E-state index contributed by atoms with van der Waals surface area (Å²) in [6.45, 7) is 0.979. The number of imidazole rings is 1. The summed E-state index contributed by atoms with van der Waals surface area (Å²) in [5.74, 6) is 0.610. The zero-order valence-electron chi connectivity index (χ0n) is 12.0. The minimum absolute atomic E-state index is 0.209. The van der Waals surface area contributed by atoms with E-state index in [0.717, 1.165) is 55.5 Å². The van der Waals surface area contributed by atoms with E-state index in [1.165, 1.54) is 0 Å². The topological polar surface area (TPSA) is 75.3 Å². The number of hydrogen-bond donors (Lipinski definition) is 2. The normalized spacial score (nSPS) is 14.7. The van der Waals surface area contributed by atoms with Gasteiger partial charge in [0.2, 0.25) is 0 Å². The first kappa shape index (κ1) is 14.1. The molecule has 0 spiro atoms. The summed E-state index contributed by atoms with van der Waals surface area (Å²) in [4.78, 5) is 16.1. The molecule has 1 aromatic carbocycles. The van der Waals surface area contributed by atoms with Gasteiger partial charge in [0.15, 0.2) is 0 Å². The number of hydrogen-bond acceptors (Lipinski definition) is 3. The first-order valence-electron chi connectivity index (χ1n) is 7.55. The number of aliphatic hydroxyl groups is 1. The van der Waals surface area contributed by atoms with Crippen molar-refractivity contribution in [1.82, 2.24) is 9.55 Å². The standard InChI is InChI=1S/C16H20N2O3/c19-10-3-1-2-9-18-14-12(16(20)21)5-4-6-13(14)17-15(18)11-7-8-11/h4-6,11,19H,1-3,7-10H2,(H,20,21). The van der Waals surface area contributed by atoms with Gasteiger partial charge in [0.25, 0.3) is 0 Å². The average Bonchev–Trinajstić information content (AvgIpc) is 3.25. The number of para-hydroxylation sites is 1. The molecule has 2 aromatic rings. The fourth-order valence-corrected chi connectivity index (χ4v) is 2.81. The van der Waals surface area contributed by atoms with E-state index in [2.05, 4.69) is 9.55 Å². The van der Waals surface area contributed by atoms with Crippen molar-refractivity contribution in [1.29, 1.82) is 0 Å². The van der Waals surface area contributed by atoms with Gasteiger partial charge >= 0.3 is 5.97 Å². The minimum atomic E-state index is -0.903. The van der Waals surface area contributed by atoms with Crippen LogP contribution in [-0.4, -0.2) is 32.3 Å². The quantitative estimate of drug-likeness (QED) is 0.768. The molecule has 0 atom stereocenters. The van der Waals surface area contributed by atoms with E-state index in [-0.39, 0.29) is 6.61 Å². The van der Waals surface area contributed by atoms with Gasteiger partial charge < -0.3 is 14.8 Å². The first-order chi connectivity index (χ1) is 10.2. The van der Waals surface area contributed by atoms with Crippen LogP contribution < -0.4 is 0 Å². The molecule has 5 heteroatoms. The second kappa shape index (κ2) is 5.85. The number of carbonyl (C=O) groups is 1. The number of unbranched alkanes of at least 4 members (excludes halogenated alkanes) is 2. The number of carboxylic acid groups (broad SMARTS) is 1. The smallest absolute Gasteiger partial charge is 0.337 e. The number of aromatic nitrogens is 2.